The Labute approximate surface area is 52.9 Å². The Morgan fingerprint density at radius 3 is 2.89 bits per heavy atom. The van der Waals surface area contributed by atoms with Crippen molar-refractivity contribution in [2.45, 2.75) is 6.42 Å². The van der Waals surface area contributed by atoms with Crippen molar-refractivity contribution >= 4 is 0 Å². The smallest absolute Gasteiger partial charge is 0.131 e. The quantitative estimate of drug-likeness (QED) is 0.546. The Hall–Kier alpha value is -0.960. The Bertz CT molecular complexity index is 158. The first kappa shape index (κ1) is 6.16. The molecular formula is C6H8O3. The van der Waals surface area contributed by atoms with Gasteiger partial charge in [0.2, 0.25) is 0 Å². The molecule has 0 amide bonds. The van der Waals surface area contributed by atoms with E-state index < -0.39 is 0 Å². The fraction of sp³-hybridized carbons (Fsp3) is 0.333. The van der Waals surface area contributed by atoms with Crippen molar-refractivity contribution in [1.82, 2.24) is 0 Å². The molecule has 0 aromatic heterocycles. The lowest BCUT2D eigenvalue weighted by Gasteiger charge is -2.07. The molecule has 0 unspecified atom stereocenters. The first-order valence-corrected chi connectivity index (χ1v) is 2.67. The summed E-state index contributed by atoms with van der Waals surface area (Å²) in [6.45, 7) is -0.107. The standard InChI is InChI=1S/C6H8O3/c7-3-6-2-1-5(8)4-9-6/h2,4,7-8H,1,3H2. The zero-order valence-electron chi connectivity index (χ0n) is 4.87. The molecule has 1 aliphatic heterocycles. The summed E-state index contributed by atoms with van der Waals surface area (Å²) in [5.41, 5.74) is 0. The van der Waals surface area contributed by atoms with E-state index in [1.54, 1.807) is 6.08 Å². The second kappa shape index (κ2) is 2.55. The molecule has 9 heavy (non-hydrogen) atoms. The third-order valence-electron chi connectivity index (χ3n) is 1.04. The molecule has 3 heteroatoms. The average Bonchev–Trinajstić information content (AvgIpc) is 1.90. The normalized spacial score (nSPS) is 17.9. The van der Waals surface area contributed by atoms with E-state index in [0.29, 0.717) is 12.2 Å². The van der Waals surface area contributed by atoms with Gasteiger partial charge in [0.25, 0.3) is 0 Å². The van der Waals surface area contributed by atoms with Crippen LogP contribution < -0.4 is 0 Å². The first-order valence-electron chi connectivity index (χ1n) is 2.67. The highest BCUT2D eigenvalue weighted by molar-refractivity contribution is 5.07. The third kappa shape index (κ3) is 1.47. The second-order valence-electron chi connectivity index (χ2n) is 1.76. The van der Waals surface area contributed by atoms with Crippen LogP contribution in [0.2, 0.25) is 0 Å². The van der Waals surface area contributed by atoms with Gasteiger partial charge in [0.1, 0.15) is 24.4 Å². The van der Waals surface area contributed by atoms with E-state index in [1.807, 2.05) is 0 Å². The van der Waals surface area contributed by atoms with Crippen LogP contribution in [0.25, 0.3) is 0 Å². The van der Waals surface area contributed by atoms with Crippen molar-refractivity contribution in [2.75, 3.05) is 6.61 Å². The Kier molecular flexibility index (Phi) is 1.75. The van der Waals surface area contributed by atoms with Gasteiger partial charge in [0.15, 0.2) is 0 Å². The minimum absolute atomic E-state index is 0.107. The number of rotatable bonds is 1. The summed E-state index contributed by atoms with van der Waals surface area (Å²) in [5, 5.41) is 17.2. The van der Waals surface area contributed by atoms with E-state index in [2.05, 4.69) is 0 Å². The summed E-state index contributed by atoms with van der Waals surface area (Å²) in [4.78, 5) is 0. The molecule has 0 fully saturated rings. The summed E-state index contributed by atoms with van der Waals surface area (Å²) in [6, 6.07) is 0. The van der Waals surface area contributed by atoms with E-state index >= 15 is 0 Å². The van der Waals surface area contributed by atoms with Crippen molar-refractivity contribution in [2.24, 2.45) is 0 Å². The van der Waals surface area contributed by atoms with Crippen LogP contribution in [0.15, 0.2) is 23.9 Å². The molecule has 0 spiro atoms. The van der Waals surface area contributed by atoms with E-state index in [4.69, 9.17) is 14.9 Å². The van der Waals surface area contributed by atoms with E-state index in [9.17, 15) is 0 Å². The van der Waals surface area contributed by atoms with Crippen molar-refractivity contribution < 1.29 is 14.9 Å². The number of allylic oxidation sites excluding steroid dienone is 1. The van der Waals surface area contributed by atoms with Gasteiger partial charge in [-0.05, 0) is 6.08 Å². The van der Waals surface area contributed by atoms with E-state index in [0.717, 1.165) is 0 Å². The predicted molar refractivity (Wildman–Crippen MR) is 31.6 cm³/mol. The summed E-state index contributed by atoms with van der Waals surface area (Å²) < 4.78 is 4.74. The van der Waals surface area contributed by atoms with E-state index in [-0.39, 0.29) is 12.4 Å². The minimum Gasteiger partial charge on any atom is -0.509 e. The Balaban J connectivity index is 2.48. The Morgan fingerprint density at radius 1 is 1.67 bits per heavy atom. The molecule has 0 saturated heterocycles. The van der Waals surface area contributed by atoms with Crippen LogP contribution in [0, 0.1) is 0 Å². The van der Waals surface area contributed by atoms with Crippen molar-refractivity contribution in [3.05, 3.63) is 23.9 Å². The van der Waals surface area contributed by atoms with Crippen LogP contribution in [0.4, 0.5) is 0 Å². The Morgan fingerprint density at radius 2 is 2.44 bits per heavy atom. The van der Waals surface area contributed by atoms with Gasteiger partial charge in [-0.2, -0.15) is 0 Å². The lowest BCUT2D eigenvalue weighted by molar-refractivity contribution is 0.214. The van der Waals surface area contributed by atoms with Crippen LogP contribution in [-0.4, -0.2) is 16.8 Å². The number of hydrogen-bond donors (Lipinski definition) is 2. The van der Waals surface area contributed by atoms with Gasteiger partial charge < -0.3 is 14.9 Å². The van der Waals surface area contributed by atoms with Gasteiger partial charge >= 0.3 is 0 Å². The molecule has 1 rings (SSSR count). The average molecular weight is 128 g/mol. The number of aliphatic hydroxyl groups excluding tert-OH is 2. The zero-order chi connectivity index (χ0) is 6.69. The minimum atomic E-state index is -0.107. The highest BCUT2D eigenvalue weighted by Crippen LogP contribution is 2.10. The molecule has 0 aliphatic carbocycles. The fourth-order valence-electron chi connectivity index (χ4n) is 0.560. The van der Waals surface area contributed by atoms with Crippen molar-refractivity contribution in [3.8, 4) is 0 Å². The van der Waals surface area contributed by atoms with Gasteiger partial charge in [-0.15, -0.1) is 0 Å². The van der Waals surface area contributed by atoms with Crippen molar-refractivity contribution in [3.63, 3.8) is 0 Å². The van der Waals surface area contributed by atoms with Crippen LogP contribution in [0.1, 0.15) is 6.42 Å². The molecule has 3 nitrogen and oxygen atoms in total. The highest BCUT2D eigenvalue weighted by Gasteiger charge is 2.02. The molecule has 0 aromatic rings. The summed E-state index contributed by atoms with van der Waals surface area (Å²) >= 11 is 0. The molecular weight excluding hydrogens is 120 g/mol. The first-order chi connectivity index (χ1) is 4.33. The number of aliphatic hydroxyl groups is 2. The summed E-state index contributed by atoms with van der Waals surface area (Å²) in [7, 11) is 0. The molecule has 0 saturated carbocycles. The van der Waals surface area contributed by atoms with Gasteiger partial charge in [0, 0.05) is 6.42 Å². The van der Waals surface area contributed by atoms with Crippen LogP contribution in [0.5, 0.6) is 0 Å². The van der Waals surface area contributed by atoms with Crippen LogP contribution in [-0.2, 0) is 4.74 Å². The lowest BCUT2D eigenvalue weighted by Crippen LogP contribution is -1.98. The topological polar surface area (TPSA) is 49.7 Å². The third-order valence-corrected chi connectivity index (χ3v) is 1.04. The van der Waals surface area contributed by atoms with Crippen molar-refractivity contribution in [1.29, 1.82) is 0 Å². The zero-order valence-corrected chi connectivity index (χ0v) is 4.87. The maximum absolute atomic E-state index is 8.73. The van der Waals surface area contributed by atoms with Gasteiger partial charge in [-0.1, -0.05) is 0 Å². The van der Waals surface area contributed by atoms with E-state index in [1.165, 1.54) is 6.26 Å². The monoisotopic (exact) mass is 128 g/mol. The predicted octanol–water partition coefficient (Wildman–Crippen LogP) is 0.682. The van der Waals surface area contributed by atoms with Crippen LogP contribution in [0.3, 0.4) is 0 Å². The van der Waals surface area contributed by atoms with Gasteiger partial charge in [-0.25, -0.2) is 0 Å². The molecule has 0 atom stereocenters. The second-order valence-corrected chi connectivity index (χ2v) is 1.76. The number of ether oxygens (including phenoxy) is 1. The molecule has 1 heterocycles. The van der Waals surface area contributed by atoms with Crippen LogP contribution >= 0.6 is 0 Å². The molecule has 0 bridgehead atoms. The molecule has 1 aliphatic rings. The molecule has 0 radical (unpaired) electrons. The molecule has 0 aromatic carbocycles. The highest BCUT2D eigenvalue weighted by atomic mass is 16.5. The SMILES string of the molecule is OCC1=CCC(O)=CO1. The lowest BCUT2D eigenvalue weighted by atomic mass is 10.3. The largest absolute Gasteiger partial charge is 0.509 e. The van der Waals surface area contributed by atoms with Gasteiger partial charge in [-0.3, -0.25) is 0 Å². The van der Waals surface area contributed by atoms with Gasteiger partial charge in [0.05, 0.1) is 0 Å². The molecule has 50 valence electrons. The fourth-order valence-corrected chi connectivity index (χ4v) is 0.560. The maximum atomic E-state index is 8.73. The summed E-state index contributed by atoms with van der Waals surface area (Å²) in [6.07, 6.45) is 3.32. The maximum Gasteiger partial charge on any atom is 0.131 e. The summed E-state index contributed by atoms with van der Waals surface area (Å²) in [5.74, 6) is 0.681. The number of hydrogen-bond acceptors (Lipinski definition) is 3. The molecule has 2 N–H and O–H groups in total.